The average Bonchev–Trinajstić information content (AvgIpc) is 2.33. The van der Waals surface area contributed by atoms with Crippen LogP contribution in [-0.2, 0) is 0 Å². The van der Waals surface area contributed by atoms with E-state index in [9.17, 15) is 18.0 Å². The number of benzene rings is 1. The van der Waals surface area contributed by atoms with E-state index in [0.717, 1.165) is 18.3 Å². The first-order valence-electron chi connectivity index (χ1n) is 4.84. The number of carbonyl (C=O) groups is 1. The van der Waals surface area contributed by atoms with Crippen molar-refractivity contribution in [2.75, 3.05) is 0 Å². The zero-order chi connectivity index (χ0) is 13.3. The molecular formula is C12H6F3NO2. The largest absolute Gasteiger partial charge is 0.478 e. The third kappa shape index (κ3) is 2.04. The van der Waals surface area contributed by atoms with Crippen molar-refractivity contribution >= 4 is 5.97 Å². The van der Waals surface area contributed by atoms with E-state index in [1.165, 1.54) is 12.1 Å². The summed E-state index contributed by atoms with van der Waals surface area (Å²) in [5.74, 6) is -4.92. The molecular weight excluding hydrogens is 247 g/mol. The zero-order valence-corrected chi connectivity index (χ0v) is 8.82. The van der Waals surface area contributed by atoms with Crippen molar-refractivity contribution in [3.8, 4) is 11.1 Å². The fourth-order valence-electron chi connectivity index (χ4n) is 1.47. The topological polar surface area (TPSA) is 50.2 Å². The van der Waals surface area contributed by atoms with Gasteiger partial charge in [-0.25, -0.2) is 18.6 Å². The molecule has 2 aromatic rings. The monoisotopic (exact) mass is 253 g/mol. The van der Waals surface area contributed by atoms with Crippen molar-refractivity contribution in [1.82, 2.24) is 4.98 Å². The van der Waals surface area contributed by atoms with Gasteiger partial charge in [-0.15, -0.1) is 0 Å². The van der Waals surface area contributed by atoms with Crippen molar-refractivity contribution in [2.45, 2.75) is 0 Å². The quantitative estimate of drug-likeness (QED) is 0.837. The second-order valence-corrected chi connectivity index (χ2v) is 3.47. The number of pyridine rings is 1. The lowest BCUT2D eigenvalue weighted by atomic mass is 10.1. The minimum Gasteiger partial charge on any atom is -0.478 e. The number of rotatable bonds is 2. The van der Waals surface area contributed by atoms with Gasteiger partial charge in [-0.2, -0.15) is 4.39 Å². The molecule has 1 aromatic carbocycles. The van der Waals surface area contributed by atoms with Crippen LogP contribution in [0.3, 0.4) is 0 Å². The third-order valence-corrected chi connectivity index (χ3v) is 2.33. The highest BCUT2D eigenvalue weighted by Crippen LogP contribution is 2.25. The summed E-state index contributed by atoms with van der Waals surface area (Å²) in [4.78, 5) is 13.9. The maximum atomic E-state index is 13.5. The van der Waals surface area contributed by atoms with Gasteiger partial charge >= 0.3 is 5.97 Å². The normalized spacial score (nSPS) is 10.4. The molecule has 92 valence electrons. The van der Waals surface area contributed by atoms with Crippen LogP contribution in [0.5, 0.6) is 0 Å². The Hall–Kier alpha value is -2.37. The number of carboxylic acid groups (broad SMARTS) is 1. The summed E-state index contributed by atoms with van der Waals surface area (Å²) in [6.45, 7) is 0. The molecule has 6 heteroatoms. The minimum absolute atomic E-state index is 0.00852. The van der Waals surface area contributed by atoms with Crippen LogP contribution >= 0.6 is 0 Å². The molecule has 3 nitrogen and oxygen atoms in total. The minimum atomic E-state index is -1.53. The van der Waals surface area contributed by atoms with E-state index in [1.54, 1.807) is 0 Å². The maximum absolute atomic E-state index is 13.5. The second kappa shape index (κ2) is 4.48. The first kappa shape index (κ1) is 12.1. The summed E-state index contributed by atoms with van der Waals surface area (Å²) in [5, 5.41) is 8.71. The number of halogens is 3. The Morgan fingerprint density at radius 2 is 1.94 bits per heavy atom. The lowest BCUT2D eigenvalue weighted by molar-refractivity contribution is 0.0691. The summed E-state index contributed by atoms with van der Waals surface area (Å²) in [6, 6.07) is 4.34. The van der Waals surface area contributed by atoms with Gasteiger partial charge in [0.1, 0.15) is 5.56 Å². The van der Waals surface area contributed by atoms with E-state index in [-0.39, 0.29) is 11.1 Å². The summed E-state index contributed by atoms with van der Waals surface area (Å²) >= 11 is 0. The van der Waals surface area contributed by atoms with Gasteiger partial charge in [-0.05, 0) is 12.1 Å². The van der Waals surface area contributed by atoms with E-state index >= 15 is 0 Å². The molecule has 0 spiro atoms. The molecule has 0 atom stereocenters. The summed E-state index contributed by atoms with van der Waals surface area (Å²) < 4.78 is 39.6. The molecule has 1 heterocycles. The maximum Gasteiger partial charge on any atom is 0.340 e. The lowest BCUT2D eigenvalue weighted by Crippen LogP contribution is -2.03. The average molecular weight is 253 g/mol. The van der Waals surface area contributed by atoms with Gasteiger partial charge in [-0.3, -0.25) is 0 Å². The fourth-order valence-corrected chi connectivity index (χ4v) is 1.47. The van der Waals surface area contributed by atoms with Crippen molar-refractivity contribution < 1.29 is 23.1 Å². The van der Waals surface area contributed by atoms with Gasteiger partial charge in [-0.1, -0.05) is 12.1 Å². The first-order valence-corrected chi connectivity index (χ1v) is 4.84. The van der Waals surface area contributed by atoms with Crippen LogP contribution in [0.2, 0.25) is 0 Å². The molecule has 1 N–H and O–H groups in total. The van der Waals surface area contributed by atoms with Crippen LogP contribution in [0.15, 0.2) is 30.5 Å². The fraction of sp³-hybridized carbons (Fsp3) is 0. The zero-order valence-electron chi connectivity index (χ0n) is 8.82. The number of aromatic nitrogens is 1. The number of aromatic carboxylic acids is 1. The first-order chi connectivity index (χ1) is 8.50. The Labute approximate surface area is 99.5 Å². The van der Waals surface area contributed by atoms with Gasteiger partial charge < -0.3 is 5.11 Å². The van der Waals surface area contributed by atoms with Gasteiger partial charge in [0.2, 0.25) is 5.95 Å². The molecule has 0 aliphatic rings. The number of hydrogen-bond donors (Lipinski definition) is 1. The summed E-state index contributed by atoms with van der Waals surface area (Å²) in [5.41, 5.74) is -0.882. The van der Waals surface area contributed by atoms with E-state index in [2.05, 4.69) is 4.98 Å². The van der Waals surface area contributed by atoms with Crippen molar-refractivity contribution in [3.63, 3.8) is 0 Å². The molecule has 1 aromatic heterocycles. The van der Waals surface area contributed by atoms with Gasteiger partial charge in [0.25, 0.3) is 0 Å². The predicted molar refractivity (Wildman–Crippen MR) is 56.5 cm³/mol. The second-order valence-electron chi connectivity index (χ2n) is 3.47. The van der Waals surface area contributed by atoms with E-state index in [4.69, 9.17) is 5.11 Å². The Balaban J connectivity index is 2.62. The summed E-state index contributed by atoms with van der Waals surface area (Å²) in [6.07, 6.45) is 0.944. The lowest BCUT2D eigenvalue weighted by Gasteiger charge is -2.05. The van der Waals surface area contributed by atoms with E-state index in [0.29, 0.717) is 0 Å². The van der Waals surface area contributed by atoms with Crippen LogP contribution in [0.25, 0.3) is 11.1 Å². The Morgan fingerprint density at radius 3 is 2.61 bits per heavy atom. The number of nitrogens with zero attached hydrogens (tertiary/aromatic N) is 1. The van der Waals surface area contributed by atoms with Gasteiger partial charge in [0.15, 0.2) is 11.6 Å². The third-order valence-electron chi connectivity index (χ3n) is 2.33. The van der Waals surface area contributed by atoms with Gasteiger partial charge in [0.05, 0.1) is 0 Å². The Morgan fingerprint density at radius 1 is 1.22 bits per heavy atom. The van der Waals surface area contributed by atoms with Crippen LogP contribution in [0, 0.1) is 17.6 Å². The van der Waals surface area contributed by atoms with Crippen LogP contribution in [0.1, 0.15) is 10.4 Å². The SMILES string of the molecule is O=C(O)c1cc(-c2cccc(F)c2F)cnc1F. The van der Waals surface area contributed by atoms with Crippen LogP contribution in [-0.4, -0.2) is 16.1 Å². The molecule has 0 fully saturated rings. The molecule has 2 rings (SSSR count). The molecule has 0 aliphatic carbocycles. The van der Waals surface area contributed by atoms with E-state index in [1.807, 2.05) is 0 Å². The molecule has 0 saturated carbocycles. The van der Waals surface area contributed by atoms with E-state index < -0.39 is 29.1 Å². The Kier molecular flexibility index (Phi) is 3.01. The highest BCUT2D eigenvalue weighted by Gasteiger charge is 2.16. The molecule has 0 unspecified atom stereocenters. The molecule has 0 radical (unpaired) electrons. The molecule has 0 aliphatic heterocycles. The number of carboxylic acids is 1. The smallest absolute Gasteiger partial charge is 0.340 e. The highest BCUT2D eigenvalue weighted by atomic mass is 19.2. The standard InChI is InChI=1S/C12H6F3NO2/c13-9-3-1-2-7(10(9)14)6-4-8(12(17)18)11(15)16-5-6/h1-5H,(H,17,18). The van der Waals surface area contributed by atoms with Crippen molar-refractivity contribution in [3.05, 3.63) is 53.6 Å². The van der Waals surface area contributed by atoms with Crippen LogP contribution in [0.4, 0.5) is 13.2 Å². The van der Waals surface area contributed by atoms with Gasteiger partial charge in [0, 0.05) is 17.3 Å². The molecule has 0 bridgehead atoms. The van der Waals surface area contributed by atoms with Crippen molar-refractivity contribution in [1.29, 1.82) is 0 Å². The molecule has 0 amide bonds. The summed E-state index contributed by atoms with van der Waals surface area (Å²) in [7, 11) is 0. The molecule has 18 heavy (non-hydrogen) atoms. The number of hydrogen-bond acceptors (Lipinski definition) is 2. The molecule has 0 saturated heterocycles. The van der Waals surface area contributed by atoms with Crippen molar-refractivity contribution in [2.24, 2.45) is 0 Å². The Bertz CT molecular complexity index is 629. The highest BCUT2D eigenvalue weighted by molar-refractivity contribution is 5.89. The predicted octanol–water partition coefficient (Wildman–Crippen LogP) is 2.86. The van der Waals surface area contributed by atoms with Crippen LogP contribution < -0.4 is 0 Å².